The Kier molecular flexibility index (Phi) is 9.35. The van der Waals surface area contributed by atoms with Crippen molar-refractivity contribution in [2.75, 3.05) is 33.4 Å². The number of likely N-dealkylation sites (N-methyl/N-ethyl adjacent to an activating group) is 1. The summed E-state index contributed by atoms with van der Waals surface area (Å²) >= 11 is 0. The predicted molar refractivity (Wildman–Crippen MR) is 107 cm³/mol. The molecule has 0 radical (unpaired) electrons. The van der Waals surface area contributed by atoms with E-state index in [1.165, 1.54) is 0 Å². The second-order valence-corrected chi connectivity index (χ2v) is 5.88. The average Bonchev–Trinajstić information content (AvgIpc) is 2.67. The molecule has 5 heteroatoms. The van der Waals surface area contributed by atoms with Gasteiger partial charge in [-0.1, -0.05) is 67.6 Å². The summed E-state index contributed by atoms with van der Waals surface area (Å²) in [5.41, 5.74) is 0.302. The van der Waals surface area contributed by atoms with Gasteiger partial charge in [-0.25, -0.2) is 4.79 Å². The van der Waals surface area contributed by atoms with Crippen molar-refractivity contribution in [3.8, 4) is 0 Å². The number of rotatable bonds is 9. The SMILES string of the molecule is CCOC(C(=O)OCCN(C)CC)(c1ccccc1)c1ccccc1.Cl. The first-order chi connectivity index (χ1) is 12.1. The number of hydrogen-bond acceptors (Lipinski definition) is 4. The molecular formula is C21H28ClNO3. The second kappa shape index (κ2) is 11.0. The Hall–Kier alpha value is -1.88. The molecule has 4 nitrogen and oxygen atoms in total. The maximum absolute atomic E-state index is 13.2. The number of ether oxygens (including phenoxy) is 2. The molecule has 26 heavy (non-hydrogen) atoms. The van der Waals surface area contributed by atoms with Crippen molar-refractivity contribution < 1.29 is 14.3 Å². The number of carbonyl (C=O) groups excluding carboxylic acids is 1. The smallest absolute Gasteiger partial charge is 0.347 e. The van der Waals surface area contributed by atoms with Gasteiger partial charge in [0, 0.05) is 13.2 Å². The number of carbonyl (C=O) groups is 1. The van der Waals surface area contributed by atoms with Crippen molar-refractivity contribution in [1.82, 2.24) is 4.90 Å². The van der Waals surface area contributed by atoms with Gasteiger partial charge in [0.2, 0.25) is 5.60 Å². The molecule has 0 N–H and O–H groups in total. The molecule has 2 rings (SSSR count). The van der Waals surface area contributed by atoms with Crippen molar-refractivity contribution in [3.63, 3.8) is 0 Å². The molecule has 0 aromatic heterocycles. The summed E-state index contributed by atoms with van der Waals surface area (Å²) in [7, 11) is 2.00. The lowest BCUT2D eigenvalue weighted by Gasteiger charge is -2.32. The zero-order valence-electron chi connectivity index (χ0n) is 15.7. The molecule has 0 unspecified atom stereocenters. The molecule has 0 fully saturated rings. The van der Waals surface area contributed by atoms with E-state index < -0.39 is 5.60 Å². The van der Waals surface area contributed by atoms with Crippen LogP contribution < -0.4 is 0 Å². The first-order valence-corrected chi connectivity index (χ1v) is 8.75. The zero-order chi connectivity index (χ0) is 18.1. The minimum Gasteiger partial charge on any atom is -0.462 e. The Balaban J connectivity index is 0.00000338. The lowest BCUT2D eigenvalue weighted by Crippen LogP contribution is -2.42. The Morgan fingerprint density at radius 3 is 1.88 bits per heavy atom. The van der Waals surface area contributed by atoms with Gasteiger partial charge >= 0.3 is 5.97 Å². The van der Waals surface area contributed by atoms with Crippen molar-refractivity contribution >= 4 is 18.4 Å². The van der Waals surface area contributed by atoms with E-state index in [2.05, 4.69) is 11.8 Å². The summed E-state index contributed by atoms with van der Waals surface area (Å²) < 4.78 is 11.7. The van der Waals surface area contributed by atoms with Crippen LogP contribution >= 0.6 is 12.4 Å². The van der Waals surface area contributed by atoms with Gasteiger partial charge in [0.15, 0.2) is 0 Å². The molecule has 0 atom stereocenters. The third-order valence-corrected chi connectivity index (χ3v) is 4.25. The van der Waals surface area contributed by atoms with E-state index in [1.807, 2.05) is 74.6 Å². The van der Waals surface area contributed by atoms with Crippen LogP contribution in [0.1, 0.15) is 25.0 Å². The molecule has 2 aromatic rings. The van der Waals surface area contributed by atoms with E-state index in [-0.39, 0.29) is 18.4 Å². The summed E-state index contributed by atoms with van der Waals surface area (Å²) in [5, 5.41) is 0. The van der Waals surface area contributed by atoms with Crippen LogP contribution in [-0.2, 0) is 19.9 Å². The maximum atomic E-state index is 13.2. The zero-order valence-corrected chi connectivity index (χ0v) is 16.5. The first-order valence-electron chi connectivity index (χ1n) is 8.75. The van der Waals surface area contributed by atoms with E-state index in [9.17, 15) is 4.79 Å². The third kappa shape index (κ3) is 5.07. The second-order valence-electron chi connectivity index (χ2n) is 5.88. The molecule has 0 heterocycles. The standard InChI is InChI=1S/C21H27NO3.ClH/c1-4-22(3)16-17-24-20(23)21(25-5-2,18-12-8-6-9-13-18)19-14-10-7-11-15-19;/h6-15H,4-5,16-17H2,1-3H3;1H. The van der Waals surface area contributed by atoms with E-state index >= 15 is 0 Å². The Labute approximate surface area is 162 Å². The molecule has 0 amide bonds. The molecule has 0 aliphatic rings. The number of halogens is 1. The highest BCUT2D eigenvalue weighted by atomic mass is 35.5. The number of nitrogens with zero attached hydrogens (tertiary/aromatic N) is 1. The van der Waals surface area contributed by atoms with Gasteiger partial charge in [0.05, 0.1) is 0 Å². The average molecular weight is 378 g/mol. The Morgan fingerprint density at radius 1 is 0.962 bits per heavy atom. The molecule has 0 spiro atoms. The van der Waals surface area contributed by atoms with E-state index in [0.717, 1.165) is 17.7 Å². The molecule has 0 saturated carbocycles. The topological polar surface area (TPSA) is 38.8 Å². The maximum Gasteiger partial charge on any atom is 0.347 e. The van der Waals surface area contributed by atoms with Crippen molar-refractivity contribution in [2.24, 2.45) is 0 Å². The van der Waals surface area contributed by atoms with Gasteiger partial charge in [-0.05, 0) is 31.6 Å². The molecule has 0 aliphatic heterocycles. The minimum absolute atomic E-state index is 0. The summed E-state index contributed by atoms with van der Waals surface area (Å²) in [6.45, 7) is 6.28. The fourth-order valence-electron chi connectivity index (χ4n) is 2.74. The van der Waals surface area contributed by atoms with E-state index in [4.69, 9.17) is 9.47 Å². The van der Waals surface area contributed by atoms with Gasteiger partial charge in [0.25, 0.3) is 0 Å². The van der Waals surface area contributed by atoms with Crippen LogP contribution in [0.5, 0.6) is 0 Å². The summed E-state index contributed by atoms with van der Waals surface area (Å²) in [6, 6.07) is 19.1. The van der Waals surface area contributed by atoms with Crippen molar-refractivity contribution in [3.05, 3.63) is 71.8 Å². The quantitative estimate of drug-likeness (QED) is 0.621. The largest absolute Gasteiger partial charge is 0.462 e. The number of benzene rings is 2. The van der Waals surface area contributed by atoms with Gasteiger partial charge in [-0.3, -0.25) is 0 Å². The highest BCUT2D eigenvalue weighted by Gasteiger charge is 2.44. The summed E-state index contributed by atoms with van der Waals surface area (Å²) in [4.78, 5) is 15.3. The highest BCUT2D eigenvalue weighted by Crippen LogP contribution is 2.35. The van der Waals surface area contributed by atoms with Crippen LogP contribution in [0.4, 0.5) is 0 Å². The lowest BCUT2D eigenvalue weighted by molar-refractivity contribution is -0.168. The molecule has 0 aliphatic carbocycles. The predicted octanol–water partition coefficient (Wildman–Crippen LogP) is 3.88. The monoisotopic (exact) mass is 377 g/mol. The molecular weight excluding hydrogens is 350 g/mol. The summed E-state index contributed by atoms with van der Waals surface area (Å²) in [5.74, 6) is -0.378. The molecule has 0 saturated heterocycles. The molecule has 0 bridgehead atoms. The van der Waals surface area contributed by atoms with Crippen LogP contribution in [0.3, 0.4) is 0 Å². The molecule has 142 valence electrons. The minimum atomic E-state index is -1.25. The third-order valence-electron chi connectivity index (χ3n) is 4.25. The van der Waals surface area contributed by atoms with Crippen molar-refractivity contribution in [2.45, 2.75) is 19.4 Å². The van der Waals surface area contributed by atoms with E-state index in [0.29, 0.717) is 19.8 Å². The number of hydrogen-bond donors (Lipinski definition) is 0. The summed E-state index contributed by atoms with van der Waals surface area (Å²) in [6.07, 6.45) is 0. The Bertz CT molecular complexity index is 609. The van der Waals surface area contributed by atoms with Gasteiger partial charge < -0.3 is 14.4 Å². The van der Waals surface area contributed by atoms with Crippen LogP contribution in [0, 0.1) is 0 Å². The van der Waals surface area contributed by atoms with Gasteiger partial charge in [0.1, 0.15) is 6.61 Å². The number of esters is 1. The lowest BCUT2D eigenvalue weighted by atomic mass is 9.86. The van der Waals surface area contributed by atoms with Crippen LogP contribution in [0.2, 0.25) is 0 Å². The molecule has 2 aromatic carbocycles. The van der Waals surface area contributed by atoms with Gasteiger partial charge in [-0.2, -0.15) is 0 Å². The highest BCUT2D eigenvalue weighted by molar-refractivity contribution is 5.86. The van der Waals surface area contributed by atoms with Crippen LogP contribution in [0.25, 0.3) is 0 Å². The van der Waals surface area contributed by atoms with Crippen LogP contribution in [-0.4, -0.2) is 44.2 Å². The van der Waals surface area contributed by atoms with Crippen LogP contribution in [0.15, 0.2) is 60.7 Å². The van der Waals surface area contributed by atoms with E-state index in [1.54, 1.807) is 0 Å². The van der Waals surface area contributed by atoms with Gasteiger partial charge in [-0.15, -0.1) is 12.4 Å². The van der Waals surface area contributed by atoms with Crippen molar-refractivity contribution in [1.29, 1.82) is 0 Å². The Morgan fingerprint density at radius 2 is 1.46 bits per heavy atom. The fourth-order valence-corrected chi connectivity index (χ4v) is 2.74. The fraction of sp³-hybridized carbons (Fsp3) is 0.381. The normalized spacial score (nSPS) is 11.1. The first kappa shape index (κ1) is 22.2.